The van der Waals surface area contributed by atoms with Crippen LogP contribution in [-0.2, 0) is 12.8 Å². The molecule has 2 aromatic rings. The summed E-state index contributed by atoms with van der Waals surface area (Å²) in [6.45, 7) is 6.20. The molecule has 0 saturated heterocycles. The Hall–Kier alpha value is -0.850. The highest BCUT2D eigenvalue weighted by atomic mass is 32.1. The molecule has 6 heteroatoms. The van der Waals surface area contributed by atoms with Gasteiger partial charge in [0.05, 0.1) is 21.3 Å². The third-order valence-electron chi connectivity index (χ3n) is 2.72. The summed E-state index contributed by atoms with van der Waals surface area (Å²) in [5.74, 6) is 0. The normalized spacial score (nSPS) is 12.9. The van der Waals surface area contributed by atoms with Crippen molar-refractivity contribution >= 4 is 22.9 Å². The Morgan fingerprint density at radius 3 is 2.71 bits per heavy atom. The Balaban J connectivity index is 2.14. The van der Waals surface area contributed by atoms with Crippen LogP contribution in [0.4, 0.5) is 0 Å². The van der Waals surface area contributed by atoms with Gasteiger partial charge < -0.3 is 5.73 Å². The van der Waals surface area contributed by atoms with Crippen molar-refractivity contribution in [3.05, 3.63) is 26.1 Å². The average Bonchev–Trinajstić information content (AvgIpc) is 2.86. The van der Waals surface area contributed by atoms with Gasteiger partial charge in [-0.3, -0.25) is 0 Å². The number of thiazole rings is 1. The van der Waals surface area contributed by atoms with E-state index in [0.717, 1.165) is 34.1 Å². The van der Waals surface area contributed by atoms with Crippen LogP contribution in [0, 0.1) is 13.8 Å². The molecule has 0 amide bonds. The van der Waals surface area contributed by atoms with E-state index < -0.39 is 0 Å². The summed E-state index contributed by atoms with van der Waals surface area (Å²) < 4.78 is 3.97. The van der Waals surface area contributed by atoms with Crippen LogP contribution in [0.5, 0.6) is 0 Å². The van der Waals surface area contributed by atoms with Crippen LogP contribution in [0.25, 0.3) is 0 Å². The van der Waals surface area contributed by atoms with Crippen LogP contribution in [0.15, 0.2) is 0 Å². The van der Waals surface area contributed by atoms with Gasteiger partial charge in [-0.25, -0.2) is 4.98 Å². The molecular formula is C11H16N4S2. The maximum Gasteiger partial charge on any atom is 0.0950 e. The topological polar surface area (TPSA) is 64.7 Å². The van der Waals surface area contributed by atoms with E-state index in [1.54, 1.807) is 11.3 Å². The third kappa shape index (κ3) is 2.70. The zero-order chi connectivity index (χ0) is 12.4. The van der Waals surface area contributed by atoms with Gasteiger partial charge in [0.25, 0.3) is 0 Å². The fourth-order valence-corrected chi connectivity index (χ4v) is 3.38. The zero-order valence-corrected chi connectivity index (χ0v) is 11.9. The van der Waals surface area contributed by atoms with E-state index in [2.05, 4.69) is 28.4 Å². The lowest BCUT2D eigenvalue weighted by Gasteiger charge is -2.07. The predicted molar refractivity (Wildman–Crippen MR) is 71.5 cm³/mol. The average molecular weight is 268 g/mol. The van der Waals surface area contributed by atoms with Crippen LogP contribution in [0.1, 0.15) is 39.1 Å². The molecule has 2 heterocycles. The Morgan fingerprint density at radius 2 is 2.12 bits per heavy atom. The SMILES string of the molecule is CCc1nnsc1C(N)Cc1nc(C)c(C)s1. The maximum atomic E-state index is 6.20. The van der Waals surface area contributed by atoms with E-state index in [1.165, 1.54) is 16.4 Å². The van der Waals surface area contributed by atoms with E-state index in [1.807, 2.05) is 6.92 Å². The summed E-state index contributed by atoms with van der Waals surface area (Å²) in [7, 11) is 0. The van der Waals surface area contributed by atoms with Crippen molar-refractivity contribution in [3.8, 4) is 0 Å². The predicted octanol–water partition coefficient (Wildman–Crippen LogP) is 2.42. The lowest BCUT2D eigenvalue weighted by atomic mass is 10.1. The number of nitrogens with two attached hydrogens (primary N) is 1. The van der Waals surface area contributed by atoms with Crippen molar-refractivity contribution in [3.63, 3.8) is 0 Å². The fraction of sp³-hybridized carbons (Fsp3) is 0.545. The molecule has 2 aromatic heterocycles. The molecule has 0 fully saturated rings. The molecule has 0 aliphatic heterocycles. The standard InChI is InChI=1S/C11H16N4S2/c1-4-9-11(17-15-14-9)8(12)5-10-13-6(2)7(3)16-10/h8H,4-5,12H2,1-3H3. The second-order valence-electron chi connectivity index (χ2n) is 4.00. The highest BCUT2D eigenvalue weighted by molar-refractivity contribution is 7.11. The second kappa shape index (κ2) is 5.20. The van der Waals surface area contributed by atoms with Gasteiger partial charge in [-0.1, -0.05) is 11.4 Å². The van der Waals surface area contributed by atoms with Crippen molar-refractivity contribution in [1.29, 1.82) is 0 Å². The van der Waals surface area contributed by atoms with Crippen LogP contribution >= 0.6 is 22.9 Å². The first kappa shape index (κ1) is 12.6. The highest BCUT2D eigenvalue weighted by Crippen LogP contribution is 2.25. The largest absolute Gasteiger partial charge is 0.323 e. The number of aromatic nitrogens is 3. The van der Waals surface area contributed by atoms with Gasteiger partial charge in [-0.05, 0) is 31.8 Å². The second-order valence-corrected chi connectivity index (χ2v) is 6.07. The first-order chi connectivity index (χ1) is 8.11. The van der Waals surface area contributed by atoms with Crippen molar-refractivity contribution in [1.82, 2.24) is 14.6 Å². The number of hydrogen-bond acceptors (Lipinski definition) is 6. The van der Waals surface area contributed by atoms with Gasteiger partial charge in [0, 0.05) is 17.3 Å². The molecule has 17 heavy (non-hydrogen) atoms. The third-order valence-corrected chi connectivity index (χ3v) is 4.72. The quantitative estimate of drug-likeness (QED) is 0.925. The van der Waals surface area contributed by atoms with Gasteiger partial charge in [-0.2, -0.15) is 0 Å². The van der Waals surface area contributed by atoms with E-state index in [-0.39, 0.29) is 6.04 Å². The molecular weight excluding hydrogens is 252 g/mol. The number of aryl methyl sites for hydroxylation is 3. The molecule has 0 spiro atoms. The van der Waals surface area contributed by atoms with Crippen LogP contribution in [0.3, 0.4) is 0 Å². The lowest BCUT2D eigenvalue weighted by Crippen LogP contribution is -2.13. The Bertz CT molecular complexity index is 484. The van der Waals surface area contributed by atoms with Gasteiger partial charge >= 0.3 is 0 Å². The number of hydrogen-bond donors (Lipinski definition) is 1. The minimum absolute atomic E-state index is 0.0325. The van der Waals surface area contributed by atoms with Crippen LogP contribution in [-0.4, -0.2) is 14.6 Å². The van der Waals surface area contributed by atoms with E-state index in [9.17, 15) is 0 Å². The first-order valence-electron chi connectivity index (χ1n) is 5.61. The van der Waals surface area contributed by atoms with Gasteiger partial charge in [-0.15, -0.1) is 16.4 Å². The monoisotopic (exact) mass is 268 g/mol. The number of rotatable bonds is 4. The van der Waals surface area contributed by atoms with Crippen molar-refractivity contribution in [2.45, 2.75) is 39.7 Å². The summed E-state index contributed by atoms with van der Waals surface area (Å²) in [6, 6.07) is -0.0325. The molecule has 0 aliphatic carbocycles. The molecule has 1 unspecified atom stereocenters. The molecule has 4 nitrogen and oxygen atoms in total. The minimum atomic E-state index is -0.0325. The summed E-state index contributed by atoms with van der Waals surface area (Å²) >= 11 is 3.13. The van der Waals surface area contributed by atoms with E-state index in [0.29, 0.717) is 0 Å². The Labute approximate surface area is 109 Å². The molecule has 0 radical (unpaired) electrons. The number of nitrogens with zero attached hydrogens (tertiary/aromatic N) is 3. The Morgan fingerprint density at radius 1 is 1.35 bits per heavy atom. The molecule has 92 valence electrons. The minimum Gasteiger partial charge on any atom is -0.323 e. The molecule has 1 atom stereocenters. The Kier molecular flexibility index (Phi) is 3.86. The highest BCUT2D eigenvalue weighted by Gasteiger charge is 2.17. The fourth-order valence-electron chi connectivity index (χ4n) is 1.65. The van der Waals surface area contributed by atoms with E-state index >= 15 is 0 Å². The zero-order valence-electron chi connectivity index (χ0n) is 10.2. The summed E-state index contributed by atoms with van der Waals surface area (Å²) in [6.07, 6.45) is 1.66. The van der Waals surface area contributed by atoms with Gasteiger partial charge in [0.15, 0.2) is 0 Å². The lowest BCUT2D eigenvalue weighted by molar-refractivity contribution is 0.717. The first-order valence-corrected chi connectivity index (χ1v) is 7.20. The van der Waals surface area contributed by atoms with Crippen LogP contribution in [0.2, 0.25) is 0 Å². The summed E-state index contributed by atoms with van der Waals surface area (Å²) in [5, 5.41) is 5.19. The van der Waals surface area contributed by atoms with Crippen LogP contribution < -0.4 is 5.73 Å². The van der Waals surface area contributed by atoms with Crippen molar-refractivity contribution in [2.75, 3.05) is 0 Å². The summed E-state index contributed by atoms with van der Waals surface area (Å²) in [5.41, 5.74) is 8.33. The van der Waals surface area contributed by atoms with Gasteiger partial charge in [0.1, 0.15) is 0 Å². The molecule has 2 rings (SSSR count). The van der Waals surface area contributed by atoms with E-state index in [4.69, 9.17) is 5.73 Å². The smallest absolute Gasteiger partial charge is 0.0950 e. The molecule has 0 saturated carbocycles. The summed E-state index contributed by atoms with van der Waals surface area (Å²) in [4.78, 5) is 6.88. The maximum absolute atomic E-state index is 6.20. The molecule has 0 aromatic carbocycles. The van der Waals surface area contributed by atoms with Crippen molar-refractivity contribution in [2.24, 2.45) is 5.73 Å². The molecule has 0 aliphatic rings. The van der Waals surface area contributed by atoms with Gasteiger partial charge in [0.2, 0.25) is 0 Å². The molecule has 0 bridgehead atoms. The van der Waals surface area contributed by atoms with Crippen molar-refractivity contribution < 1.29 is 0 Å². The molecule has 2 N–H and O–H groups in total.